The van der Waals surface area contributed by atoms with Crippen molar-refractivity contribution in [2.24, 2.45) is 0 Å². The third-order valence-electron chi connectivity index (χ3n) is 5.02. The Balaban J connectivity index is 1.72. The number of hydrogen-bond acceptors (Lipinski definition) is 6. The van der Waals surface area contributed by atoms with E-state index in [-0.39, 0.29) is 46.8 Å². The number of hydrogen-bond donors (Lipinski definition) is 0. The SMILES string of the molecule is COc1cc(Br)c(F)cc1-n1c2c(ccc1=O)CN(S(=O)(=O)Cc1ncccn1)CC2. The fourth-order valence-corrected chi connectivity index (χ4v) is 5.24. The molecule has 3 heterocycles. The molecule has 0 saturated carbocycles. The molecule has 0 N–H and O–H groups in total. The Hall–Kier alpha value is -2.63. The van der Waals surface area contributed by atoms with Crippen molar-refractivity contribution in [3.05, 3.63) is 80.5 Å². The van der Waals surface area contributed by atoms with Crippen LogP contribution in [-0.4, -0.2) is 40.9 Å². The van der Waals surface area contributed by atoms with Gasteiger partial charge in [0.25, 0.3) is 5.56 Å². The van der Waals surface area contributed by atoms with Gasteiger partial charge in [-0.15, -0.1) is 0 Å². The van der Waals surface area contributed by atoms with Crippen molar-refractivity contribution in [3.8, 4) is 11.4 Å². The van der Waals surface area contributed by atoms with Crippen molar-refractivity contribution in [1.29, 1.82) is 0 Å². The lowest BCUT2D eigenvalue weighted by molar-refractivity contribution is 0.381. The first-order valence-corrected chi connectivity index (χ1v) is 11.7. The number of methoxy groups -OCH3 is 1. The Kier molecular flexibility index (Phi) is 5.91. The van der Waals surface area contributed by atoms with E-state index in [1.165, 1.54) is 46.6 Å². The molecule has 0 radical (unpaired) electrons. The molecule has 4 rings (SSSR count). The van der Waals surface area contributed by atoms with Crippen LogP contribution >= 0.6 is 15.9 Å². The zero-order valence-corrected chi connectivity index (χ0v) is 18.9. The molecule has 0 amide bonds. The summed E-state index contributed by atoms with van der Waals surface area (Å²) in [4.78, 5) is 20.7. The van der Waals surface area contributed by atoms with Crippen molar-refractivity contribution < 1.29 is 17.5 Å². The smallest absolute Gasteiger partial charge is 0.255 e. The first-order valence-electron chi connectivity index (χ1n) is 9.31. The van der Waals surface area contributed by atoms with Gasteiger partial charge in [-0.3, -0.25) is 9.36 Å². The summed E-state index contributed by atoms with van der Waals surface area (Å²) in [5.74, 6) is -0.314. The Bertz CT molecular complexity index is 1300. The monoisotopic (exact) mass is 508 g/mol. The van der Waals surface area contributed by atoms with Crippen LogP contribution in [-0.2, 0) is 28.7 Å². The molecule has 1 aliphatic rings. The molecular weight excluding hydrogens is 491 g/mol. The maximum Gasteiger partial charge on any atom is 0.255 e. The van der Waals surface area contributed by atoms with Gasteiger partial charge < -0.3 is 4.74 Å². The van der Waals surface area contributed by atoms with E-state index in [0.717, 1.165) is 0 Å². The molecule has 0 aliphatic carbocycles. The number of rotatable bonds is 5. The highest BCUT2D eigenvalue weighted by atomic mass is 79.9. The average Bonchev–Trinajstić information content (AvgIpc) is 2.75. The number of benzene rings is 1. The molecule has 162 valence electrons. The minimum Gasteiger partial charge on any atom is -0.495 e. The second-order valence-corrected chi connectivity index (χ2v) is 9.75. The van der Waals surface area contributed by atoms with E-state index in [1.54, 1.807) is 12.1 Å². The largest absolute Gasteiger partial charge is 0.495 e. The molecule has 0 saturated heterocycles. The van der Waals surface area contributed by atoms with Gasteiger partial charge in [-0.25, -0.2) is 22.8 Å². The van der Waals surface area contributed by atoms with Gasteiger partial charge in [-0.1, -0.05) is 6.07 Å². The molecule has 1 aliphatic heterocycles. The maximum atomic E-state index is 14.3. The van der Waals surface area contributed by atoms with Gasteiger partial charge in [0, 0.05) is 49.7 Å². The lowest BCUT2D eigenvalue weighted by atomic mass is 10.1. The lowest BCUT2D eigenvalue weighted by Gasteiger charge is -2.30. The standard InChI is InChI=1S/C20H18BrFN4O4S/c1-30-18-9-14(21)15(22)10-17(18)26-16-5-8-25(11-13(16)3-4-20(26)27)31(28,29)12-19-23-6-2-7-24-19/h2-4,6-7,9-10H,5,8,11-12H2,1H3. The highest BCUT2D eigenvalue weighted by Crippen LogP contribution is 2.31. The van der Waals surface area contributed by atoms with Crippen LogP contribution in [0.25, 0.3) is 5.69 Å². The summed E-state index contributed by atoms with van der Waals surface area (Å²) in [6.45, 7) is 0.263. The molecule has 1 aromatic carbocycles. The first-order chi connectivity index (χ1) is 14.8. The number of halogens is 2. The third-order valence-corrected chi connectivity index (χ3v) is 7.35. The van der Waals surface area contributed by atoms with Crippen molar-refractivity contribution in [1.82, 2.24) is 18.8 Å². The van der Waals surface area contributed by atoms with E-state index in [9.17, 15) is 17.6 Å². The van der Waals surface area contributed by atoms with Crippen LogP contribution in [0.3, 0.4) is 0 Å². The fourth-order valence-electron chi connectivity index (χ4n) is 3.55. The van der Waals surface area contributed by atoms with Gasteiger partial charge in [0.2, 0.25) is 10.0 Å². The topological polar surface area (TPSA) is 94.4 Å². The van der Waals surface area contributed by atoms with E-state index in [0.29, 0.717) is 17.0 Å². The van der Waals surface area contributed by atoms with E-state index in [2.05, 4.69) is 25.9 Å². The molecule has 3 aromatic rings. The first kappa shape index (κ1) is 21.6. The average molecular weight is 509 g/mol. The normalized spacial score (nSPS) is 14.3. The second kappa shape index (κ2) is 8.48. The molecule has 8 nitrogen and oxygen atoms in total. The lowest BCUT2D eigenvalue weighted by Crippen LogP contribution is -2.39. The number of ether oxygens (including phenoxy) is 1. The summed E-state index contributed by atoms with van der Waals surface area (Å²) in [7, 11) is -2.23. The summed E-state index contributed by atoms with van der Waals surface area (Å²) < 4.78 is 48.3. The quantitative estimate of drug-likeness (QED) is 0.525. The molecule has 11 heteroatoms. The van der Waals surface area contributed by atoms with Gasteiger partial charge >= 0.3 is 0 Å². The van der Waals surface area contributed by atoms with Crippen LogP contribution < -0.4 is 10.3 Å². The Morgan fingerprint density at radius 1 is 1.23 bits per heavy atom. The van der Waals surface area contributed by atoms with Gasteiger partial charge in [0.1, 0.15) is 23.1 Å². The summed E-state index contributed by atoms with van der Waals surface area (Å²) in [5.41, 5.74) is 1.19. The van der Waals surface area contributed by atoms with Crippen molar-refractivity contribution in [2.45, 2.75) is 18.7 Å². The Labute approximate surface area is 186 Å². The number of sulfonamides is 1. The summed E-state index contributed by atoms with van der Waals surface area (Å²) in [5, 5.41) is 0. The second-order valence-electron chi connectivity index (χ2n) is 6.92. The molecule has 0 spiro atoms. The molecule has 0 fully saturated rings. The zero-order valence-electron chi connectivity index (χ0n) is 16.5. The minimum absolute atomic E-state index is 0.0894. The van der Waals surface area contributed by atoms with Crippen LogP contribution in [0.15, 0.2) is 52.0 Å². The maximum absolute atomic E-state index is 14.3. The minimum atomic E-state index is -3.66. The van der Waals surface area contributed by atoms with E-state index >= 15 is 0 Å². The predicted octanol–water partition coefficient (Wildman–Crippen LogP) is 2.43. The number of nitrogens with zero attached hydrogens (tertiary/aromatic N) is 4. The van der Waals surface area contributed by atoms with Gasteiger partial charge in [0.15, 0.2) is 0 Å². The fraction of sp³-hybridized carbons (Fsp3) is 0.250. The van der Waals surface area contributed by atoms with Crippen LogP contribution in [0.2, 0.25) is 0 Å². The van der Waals surface area contributed by atoms with Crippen molar-refractivity contribution in [3.63, 3.8) is 0 Å². The highest BCUT2D eigenvalue weighted by molar-refractivity contribution is 9.10. The van der Waals surface area contributed by atoms with E-state index in [4.69, 9.17) is 4.74 Å². The van der Waals surface area contributed by atoms with Crippen molar-refractivity contribution >= 4 is 26.0 Å². The molecule has 0 unspecified atom stereocenters. The predicted molar refractivity (Wildman–Crippen MR) is 115 cm³/mol. The molecular formula is C20H18BrFN4O4S. The van der Waals surface area contributed by atoms with Crippen LogP contribution in [0.4, 0.5) is 4.39 Å². The number of aromatic nitrogens is 3. The highest BCUT2D eigenvalue weighted by Gasteiger charge is 2.30. The van der Waals surface area contributed by atoms with Crippen LogP contribution in [0.5, 0.6) is 5.75 Å². The van der Waals surface area contributed by atoms with Gasteiger partial charge in [-0.2, -0.15) is 4.31 Å². The summed E-state index contributed by atoms with van der Waals surface area (Å²) >= 11 is 3.12. The third kappa shape index (κ3) is 4.25. The van der Waals surface area contributed by atoms with Crippen LogP contribution in [0, 0.1) is 5.82 Å². The summed E-state index contributed by atoms with van der Waals surface area (Å²) in [6.07, 6.45) is 3.26. The van der Waals surface area contributed by atoms with Crippen LogP contribution in [0.1, 0.15) is 17.1 Å². The zero-order chi connectivity index (χ0) is 22.2. The Morgan fingerprint density at radius 3 is 2.68 bits per heavy atom. The molecule has 0 bridgehead atoms. The number of fused-ring (bicyclic) bond motifs is 1. The van der Waals surface area contributed by atoms with Gasteiger partial charge in [-0.05, 0) is 33.6 Å². The van der Waals surface area contributed by atoms with E-state index < -0.39 is 15.8 Å². The molecule has 31 heavy (non-hydrogen) atoms. The Morgan fingerprint density at radius 2 is 1.97 bits per heavy atom. The van der Waals surface area contributed by atoms with Gasteiger partial charge in [0.05, 0.1) is 17.3 Å². The molecule has 2 aromatic heterocycles. The van der Waals surface area contributed by atoms with E-state index in [1.807, 2.05) is 0 Å². The molecule has 0 atom stereocenters. The summed E-state index contributed by atoms with van der Waals surface area (Å²) in [6, 6.07) is 7.24. The van der Waals surface area contributed by atoms with Crippen molar-refractivity contribution in [2.75, 3.05) is 13.7 Å². The number of pyridine rings is 1.